The minimum absolute atomic E-state index is 0.0810. The number of carboxylic acids is 1. The van der Waals surface area contributed by atoms with Crippen LogP contribution in [-0.4, -0.2) is 63.9 Å². The van der Waals surface area contributed by atoms with Crippen molar-refractivity contribution < 1.29 is 28.2 Å². The molecule has 2 atom stereocenters. The molecule has 0 bridgehead atoms. The van der Waals surface area contributed by atoms with Gasteiger partial charge in [-0.2, -0.15) is 0 Å². The highest BCUT2D eigenvalue weighted by Crippen LogP contribution is 2.60. The molecule has 40 heavy (non-hydrogen) atoms. The van der Waals surface area contributed by atoms with Gasteiger partial charge in [0.1, 0.15) is 11.8 Å². The fourth-order valence-electron chi connectivity index (χ4n) is 7.33. The zero-order valence-electron chi connectivity index (χ0n) is 22.9. The molecule has 3 fully saturated rings. The van der Waals surface area contributed by atoms with Crippen molar-refractivity contribution in [2.45, 2.75) is 70.0 Å². The van der Waals surface area contributed by atoms with Gasteiger partial charge in [-0.1, -0.05) is 12.1 Å². The predicted octanol–water partition coefficient (Wildman–Crippen LogP) is 5.93. The zero-order chi connectivity index (χ0) is 28.2. The molecule has 3 aromatic rings. The van der Waals surface area contributed by atoms with E-state index in [1.165, 1.54) is 4.90 Å². The van der Waals surface area contributed by atoms with Crippen molar-refractivity contribution in [1.82, 2.24) is 14.8 Å². The van der Waals surface area contributed by atoms with E-state index < -0.39 is 17.9 Å². The third-order valence-electron chi connectivity index (χ3n) is 9.30. The molecule has 1 amide bonds. The monoisotopic (exact) mass is 551 g/mol. The summed E-state index contributed by atoms with van der Waals surface area (Å²) < 4.78 is 33.9. The van der Waals surface area contributed by atoms with Gasteiger partial charge in [-0.05, 0) is 80.0 Å². The molecule has 2 aliphatic heterocycles. The molecule has 212 valence electrons. The molecule has 1 spiro atoms. The lowest BCUT2D eigenvalue weighted by atomic mass is 9.59. The number of aromatic nitrogens is 1. The Balaban J connectivity index is 1.30. The van der Waals surface area contributed by atoms with E-state index in [4.69, 9.17) is 4.74 Å². The number of carboxylic acid groups (broad SMARTS) is 1. The van der Waals surface area contributed by atoms with E-state index >= 15 is 0 Å². The number of benzene rings is 2. The summed E-state index contributed by atoms with van der Waals surface area (Å²) >= 11 is 0. The summed E-state index contributed by atoms with van der Waals surface area (Å²) in [6, 6.07) is 10.5. The first-order valence-corrected chi connectivity index (χ1v) is 14.0. The Hall–Kier alpha value is -3.46. The van der Waals surface area contributed by atoms with Crippen LogP contribution in [0.15, 0.2) is 42.6 Å². The van der Waals surface area contributed by atoms with Crippen LogP contribution in [0.1, 0.15) is 71.6 Å². The first kappa shape index (κ1) is 26.7. The number of hydrogen-bond acceptors (Lipinski definition) is 4. The molecule has 1 saturated carbocycles. The van der Waals surface area contributed by atoms with Crippen molar-refractivity contribution in [2.75, 3.05) is 20.2 Å². The summed E-state index contributed by atoms with van der Waals surface area (Å²) in [7, 11) is 1.67. The summed E-state index contributed by atoms with van der Waals surface area (Å²) in [4.78, 5) is 31.8. The number of nitrogens with zero attached hydrogens (tertiary/aromatic N) is 2. The summed E-state index contributed by atoms with van der Waals surface area (Å²) in [6.45, 7) is 3.75. The fraction of sp³-hybridized carbons (Fsp3) is 0.484. The number of aryl methyl sites for hydroxylation is 1. The van der Waals surface area contributed by atoms with E-state index in [-0.39, 0.29) is 30.2 Å². The molecule has 7 nitrogen and oxygen atoms in total. The molecule has 6 rings (SSSR count). The number of likely N-dealkylation sites (tertiary alicyclic amines) is 2. The number of rotatable bonds is 6. The molecule has 2 N–H and O–H groups in total. The fourth-order valence-corrected chi connectivity index (χ4v) is 7.33. The quantitative estimate of drug-likeness (QED) is 0.397. The average Bonchev–Trinajstić information content (AvgIpc) is 3.60. The number of alkyl halides is 2. The largest absolute Gasteiger partial charge is 0.496 e. The number of hydrogen-bond donors (Lipinski definition) is 2. The molecule has 1 aromatic heterocycles. The number of ether oxygens (including phenoxy) is 1. The van der Waals surface area contributed by atoms with Crippen LogP contribution in [-0.2, 0) is 11.3 Å². The first-order valence-electron chi connectivity index (χ1n) is 14.0. The van der Waals surface area contributed by atoms with E-state index in [1.54, 1.807) is 19.2 Å². The van der Waals surface area contributed by atoms with Gasteiger partial charge in [0.2, 0.25) is 5.92 Å². The molecular weight excluding hydrogens is 516 g/mol. The van der Waals surface area contributed by atoms with Crippen molar-refractivity contribution in [3.63, 3.8) is 0 Å². The molecule has 2 aromatic carbocycles. The lowest BCUT2D eigenvalue weighted by Gasteiger charge is -2.54. The van der Waals surface area contributed by atoms with Crippen molar-refractivity contribution in [2.24, 2.45) is 5.41 Å². The number of carbonyl (C=O) groups excluding carboxylic acids is 1. The number of H-pyrrole nitrogens is 1. The second-order valence-electron chi connectivity index (χ2n) is 11.9. The molecule has 1 aliphatic carbocycles. The van der Waals surface area contributed by atoms with Crippen LogP contribution in [0.3, 0.4) is 0 Å². The Kier molecular flexibility index (Phi) is 6.60. The van der Waals surface area contributed by atoms with Gasteiger partial charge >= 0.3 is 5.97 Å². The van der Waals surface area contributed by atoms with Crippen LogP contribution in [0.4, 0.5) is 8.78 Å². The standard InChI is InChI=1S/C31H35F2N3O4/c1-19-14-26(40-2)23(22-9-11-34-27(19)22)16-35-13-10-30(17-31(32,33)18-30)15-25(35)20-5-7-21(8-6-20)28(37)36-12-3-4-24(36)29(38)39/h5-9,11,14,24-25,34H,3-4,10,12-13,15-18H2,1-2H3,(H,38,39)/t24-,25?/m1/s1. The second kappa shape index (κ2) is 9.87. The van der Waals surface area contributed by atoms with Crippen LogP contribution in [0.25, 0.3) is 10.9 Å². The maximum Gasteiger partial charge on any atom is 0.326 e. The van der Waals surface area contributed by atoms with Gasteiger partial charge < -0.3 is 19.7 Å². The van der Waals surface area contributed by atoms with Gasteiger partial charge in [0.25, 0.3) is 5.91 Å². The van der Waals surface area contributed by atoms with Gasteiger partial charge in [-0.3, -0.25) is 9.69 Å². The minimum atomic E-state index is -2.60. The number of carbonyl (C=O) groups is 2. The van der Waals surface area contributed by atoms with Gasteiger partial charge in [0.15, 0.2) is 0 Å². The lowest BCUT2D eigenvalue weighted by molar-refractivity contribution is -0.186. The second-order valence-corrected chi connectivity index (χ2v) is 11.9. The molecule has 9 heteroatoms. The Bertz CT molecular complexity index is 1440. The highest BCUT2D eigenvalue weighted by Gasteiger charge is 2.58. The topological polar surface area (TPSA) is 85.9 Å². The van der Waals surface area contributed by atoms with Crippen molar-refractivity contribution in [1.29, 1.82) is 0 Å². The van der Waals surface area contributed by atoms with Crippen LogP contribution in [0.5, 0.6) is 5.75 Å². The van der Waals surface area contributed by atoms with Gasteiger partial charge in [-0.25, -0.2) is 13.6 Å². The summed E-state index contributed by atoms with van der Waals surface area (Å²) in [5.74, 6) is -3.06. The van der Waals surface area contributed by atoms with Crippen molar-refractivity contribution in [3.8, 4) is 5.75 Å². The number of aliphatic carboxylic acids is 1. The Morgan fingerprint density at radius 2 is 1.90 bits per heavy atom. The predicted molar refractivity (Wildman–Crippen MR) is 147 cm³/mol. The summed E-state index contributed by atoms with van der Waals surface area (Å²) in [6.07, 6.45) is 4.22. The summed E-state index contributed by atoms with van der Waals surface area (Å²) in [5, 5.41) is 10.6. The van der Waals surface area contributed by atoms with Gasteiger partial charge in [0, 0.05) is 60.2 Å². The number of aromatic amines is 1. The Morgan fingerprint density at radius 1 is 1.15 bits per heavy atom. The van der Waals surface area contributed by atoms with E-state index in [0.29, 0.717) is 50.9 Å². The van der Waals surface area contributed by atoms with Crippen LogP contribution in [0, 0.1) is 12.3 Å². The molecular formula is C31H35F2N3O4. The first-order chi connectivity index (χ1) is 19.1. The molecule has 3 aliphatic rings. The maximum absolute atomic E-state index is 14.1. The normalized spacial score (nSPS) is 23.9. The highest BCUT2D eigenvalue weighted by atomic mass is 19.3. The third-order valence-corrected chi connectivity index (χ3v) is 9.30. The van der Waals surface area contributed by atoms with Crippen molar-refractivity contribution >= 4 is 22.8 Å². The number of halogens is 2. The number of amides is 1. The molecule has 3 heterocycles. The molecule has 2 saturated heterocycles. The number of nitrogens with one attached hydrogen (secondary N) is 1. The van der Waals surface area contributed by atoms with E-state index in [0.717, 1.165) is 33.3 Å². The summed E-state index contributed by atoms with van der Waals surface area (Å²) in [5.41, 5.74) is 4.24. The van der Waals surface area contributed by atoms with Crippen LogP contribution < -0.4 is 4.74 Å². The van der Waals surface area contributed by atoms with E-state index in [9.17, 15) is 23.5 Å². The average molecular weight is 552 g/mol. The number of piperidine rings is 1. The van der Waals surface area contributed by atoms with Gasteiger partial charge in [-0.15, -0.1) is 0 Å². The number of fused-ring (bicyclic) bond motifs is 1. The van der Waals surface area contributed by atoms with Crippen LogP contribution >= 0.6 is 0 Å². The van der Waals surface area contributed by atoms with Crippen LogP contribution in [0.2, 0.25) is 0 Å². The maximum atomic E-state index is 14.1. The SMILES string of the molecule is COc1cc(C)c2[nH]ccc2c1CN1CCC2(CC1c1ccc(C(=O)N3CCC[C@@H]3C(=O)O)cc1)CC(F)(F)C2. The molecule has 0 radical (unpaired) electrons. The highest BCUT2D eigenvalue weighted by molar-refractivity contribution is 5.97. The van der Waals surface area contributed by atoms with Gasteiger partial charge in [0.05, 0.1) is 7.11 Å². The minimum Gasteiger partial charge on any atom is -0.496 e. The zero-order valence-corrected chi connectivity index (χ0v) is 22.9. The molecule has 1 unspecified atom stereocenters. The van der Waals surface area contributed by atoms with E-state index in [1.807, 2.05) is 31.3 Å². The number of methoxy groups -OCH3 is 1. The third kappa shape index (κ3) is 4.64. The lowest BCUT2D eigenvalue weighted by Crippen LogP contribution is -2.53. The van der Waals surface area contributed by atoms with Crippen molar-refractivity contribution in [3.05, 3.63) is 64.8 Å². The smallest absolute Gasteiger partial charge is 0.326 e. The van der Waals surface area contributed by atoms with E-state index in [2.05, 4.69) is 16.0 Å². The Labute approximate surface area is 232 Å². The Morgan fingerprint density at radius 3 is 2.58 bits per heavy atom.